The van der Waals surface area contributed by atoms with E-state index in [0.717, 1.165) is 5.56 Å². The molecular weight excluding hydrogens is 474 g/mol. The quantitative estimate of drug-likeness (QED) is 0.355. The van der Waals surface area contributed by atoms with E-state index in [9.17, 15) is 24.3 Å². The summed E-state index contributed by atoms with van der Waals surface area (Å²) >= 11 is 0. The zero-order chi connectivity index (χ0) is 26.2. The lowest BCUT2D eigenvalue weighted by Gasteiger charge is -2.20. The molecule has 0 unspecified atom stereocenters. The summed E-state index contributed by atoms with van der Waals surface area (Å²) in [5, 5.41) is 17.6. The van der Waals surface area contributed by atoms with Gasteiger partial charge in [0.2, 0.25) is 11.8 Å². The molecule has 0 spiro atoms. The van der Waals surface area contributed by atoms with E-state index in [-0.39, 0.29) is 31.3 Å². The number of benzene rings is 2. The van der Waals surface area contributed by atoms with Crippen LogP contribution in [0.25, 0.3) is 0 Å². The predicted octanol–water partition coefficient (Wildman–Crippen LogP) is 3.09. The number of pyridine rings is 1. The normalized spacial score (nSPS) is 15.6. The summed E-state index contributed by atoms with van der Waals surface area (Å²) in [7, 11) is 0. The number of nitrogens with one attached hydrogen (secondary N) is 3. The number of nitrogens with zero attached hydrogens (tertiary/aromatic N) is 2. The van der Waals surface area contributed by atoms with Gasteiger partial charge in [-0.3, -0.25) is 19.4 Å². The molecule has 1 aromatic heterocycles. The Hall–Kier alpha value is -4.73. The molecule has 2 aromatic carbocycles. The Kier molecular flexibility index (Phi) is 8.09. The number of aromatic nitrogens is 1. The molecule has 0 aliphatic carbocycles. The van der Waals surface area contributed by atoms with Crippen LogP contribution in [0, 0.1) is 5.92 Å². The highest BCUT2D eigenvalue weighted by atomic mass is 16.4. The summed E-state index contributed by atoms with van der Waals surface area (Å²) in [5.41, 5.74) is 2.59. The molecule has 0 saturated carbocycles. The van der Waals surface area contributed by atoms with E-state index in [0.29, 0.717) is 23.5 Å². The second-order valence-electron chi connectivity index (χ2n) is 8.69. The number of anilines is 2. The summed E-state index contributed by atoms with van der Waals surface area (Å²) < 4.78 is 0. The Balaban J connectivity index is 1.37. The van der Waals surface area contributed by atoms with Gasteiger partial charge < -0.3 is 26.0 Å². The highest BCUT2D eigenvalue weighted by molar-refractivity contribution is 6.01. The van der Waals surface area contributed by atoms with E-state index in [1.807, 2.05) is 30.3 Å². The van der Waals surface area contributed by atoms with Crippen LogP contribution < -0.4 is 20.9 Å². The van der Waals surface area contributed by atoms with Crippen LogP contribution in [0.3, 0.4) is 0 Å². The van der Waals surface area contributed by atoms with Crippen molar-refractivity contribution in [3.63, 3.8) is 0 Å². The third-order valence-corrected chi connectivity index (χ3v) is 5.99. The molecule has 190 valence electrons. The second-order valence-corrected chi connectivity index (χ2v) is 8.69. The lowest BCUT2D eigenvalue weighted by atomic mass is 10.0. The first-order valence-corrected chi connectivity index (χ1v) is 11.8. The Morgan fingerprint density at radius 1 is 1.05 bits per heavy atom. The Bertz CT molecular complexity index is 1270. The zero-order valence-corrected chi connectivity index (χ0v) is 20.0. The van der Waals surface area contributed by atoms with Crippen LogP contribution in [-0.4, -0.2) is 40.5 Å². The fraction of sp³-hybridized carbons (Fsp3) is 0.222. The van der Waals surface area contributed by atoms with Gasteiger partial charge in [-0.25, -0.2) is 4.79 Å². The van der Waals surface area contributed by atoms with Gasteiger partial charge in [-0.1, -0.05) is 42.5 Å². The average Bonchev–Trinajstić information content (AvgIpc) is 3.30. The van der Waals surface area contributed by atoms with Crippen molar-refractivity contribution >= 4 is 35.2 Å². The molecule has 3 aromatic rings. The predicted molar refractivity (Wildman–Crippen MR) is 137 cm³/mol. The first kappa shape index (κ1) is 25.4. The Morgan fingerprint density at radius 2 is 1.86 bits per heavy atom. The first-order valence-electron chi connectivity index (χ1n) is 11.8. The van der Waals surface area contributed by atoms with Crippen molar-refractivity contribution in [2.45, 2.75) is 25.4 Å². The highest BCUT2D eigenvalue weighted by Gasteiger charge is 2.36. The summed E-state index contributed by atoms with van der Waals surface area (Å²) in [5.74, 6) is -2.34. The van der Waals surface area contributed by atoms with Gasteiger partial charge in [-0.2, -0.15) is 0 Å². The van der Waals surface area contributed by atoms with Crippen molar-refractivity contribution in [1.29, 1.82) is 0 Å². The molecule has 2 atom stereocenters. The number of hydrogen-bond acceptors (Lipinski definition) is 5. The van der Waals surface area contributed by atoms with Crippen molar-refractivity contribution in [2.24, 2.45) is 5.92 Å². The maximum atomic E-state index is 13.0. The van der Waals surface area contributed by atoms with E-state index in [1.54, 1.807) is 42.6 Å². The monoisotopic (exact) mass is 501 g/mol. The van der Waals surface area contributed by atoms with Crippen molar-refractivity contribution in [3.05, 3.63) is 90.3 Å². The highest BCUT2D eigenvalue weighted by Crippen LogP contribution is 2.28. The van der Waals surface area contributed by atoms with Crippen molar-refractivity contribution in [2.75, 3.05) is 16.8 Å². The molecular formula is C27H27N5O5. The molecule has 0 bridgehead atoms. The molecule has 0 radical (unpaired) electrons. The van der Waals surface area contributed by atoms with Crippen molar-refractivity contribution in [1.82, 2.24) is 15.6 Å². The maximum absolute atomic E-state index is 13.0. The number of carbonyl (C=O) groups is 4. The number of hydrogen-bond donors (Lipinski definition) is 4. The number of carbonyl (C=O) groups excluding carboxylic acids is 3. The fourth-order valence-electron chi connectivity index (χ4n) is 4.14. The smallest absolute Gasteiger partial charge is 0.319 e. The van der Waals surface area contributed by atoms with Gasteiger partial charge in [0, 0.05) is 43.3 Å². The minimum Gasteiger partial charge on any atom is -0.481 e. The fourth-order valence-corrected chi connectivity index (χ4v) is 4.14. The lowest BCUT2D eigenvalue weighted by Crippen LogP contribution is -2.36. The third-order valence-electron chi connectivity index (χ3n) is 5.99. The molecule has 1 aliphatic rings. The van der Waals surface area contributed by atoms with Crippen LogP contribution in [0.4, 0.5) is 16.2 Å². The standard InChI is InChI=1S/C27H27N5O5/c33-24-12-20(26(36)31-23(14-25(34)35)19-8-5-11-28-16-19)17-32(24)22-10-4-9-21(13-22)30-27(37)29-15-18-6-2-1-3-7-18/h1-11,13,16,20,23H,12,14-15,17H2,(H,31,36)(H,34,35)(H2,29,30,37)/t20-,23-/m1/s1. The van der Waals surface area contributed by atoms with Crippen LogP contribution in [-0.2, 0) is 20.9 Å². The van der Waals surface area contributed by atoms with E-state index in [4.69, 9.17) is 0 Å². The molecule has 1 aliphatic heterocycles. The number of aliphatic carboxylic acids is 1. The van der Waals surface area contributed by atoms with E-state index in [2.05, 4.69) is 20.9 Å². The molecule has 10 nitrogen and oxygen atoms in total. The minimum absolute atomic E-state index is 0.00607. The largest absolute Gasteiger partial charge is 0.481 e. The minimum atomic E-state index is -1.06. The molecule has 10 heteroatoms. The SMILES string of the molecule is O=C(O)C[C@@H](NC(=O)[C@@H]1CC(=O)N(c2cccc(NC(=O)NCc3ccccc3)c2)C1)c1cccnc1. The van der Waals surface area contributed by atoms with Crippen LogP contribution in [0.2, 0.25) is 0 Å². The average molecular weight is 502 g/mol. The number of urea groups is 1. The van der Waals surface area contributed by atoms with Crippen LogP contribution in [0.15, 0.2) is 79.1 Å². The van der Waals surface area contributed by atoms with Crippen molar-refractivity contribution < 1.29 is 24.3 Å². The molecule has 4 rings (SSSR count). The summed E-state index contributed by atoms with van der Waals surface area (Å²) in [6.07, 6.45) is 2.76. The van der Waals surface area contributed by atoms with Gasteiger partial charge in [-0.05, 0) is 35.4 Å². The number of carboxylic acids is 1. The molecule has 2 heterocycles. The number of rotatable bonds is 9. The van der Waals surface area contributed by atoms with Gasteiger partial charge in [0.05, 0.1) is 18.4 Å². The molecule has 37 heavy (non-hydrogen) atoms. The van der Waals surface area contributed by atoms with Gasteiger partial charge in [0.15, 0.2) is 0 Å². The maximum Gasteiger partial charge on any atom is 0.319 e. The van der Waals surface area contributed by atoms with E-state index in [1.165, 1.54) is 11.1 Å². The number of amides is 4. The Morgan fingerprint density at radius 3 is 2.59 bits per heavy atom. The summed E-state index contributed by atoms with van der Waals surface area (Å²) in [6, 6.07) is 18.6. The van der Waals surface area contributed by atoms with E-state index >= 15 is 0 Å². The zero-order valence-electron chi connectivity index (χ0n) is 20.0. The first-order chi connectivity index (χ1) is 17.9. The van der Waals surface area contributed by atoms with Crippen LogP contribution >= 0.6 is 0 Å². The molecule has 4 amide bonds. The van der Waals surface area contributed by atoms with Crippen LogP contribution in [0.5, 0.6) is 0 Å². The molecule has 1 fully saturated rings. The Labute approximate surface area is 213 Å². The third kappa shape index (κ3) is 6.91. The topological polar surface area (TPSA) is 141 Å². The van der Waals surface area contributed by atoms with Crippen molar-refractivity contribution in [3.8, 4) is 0 Å². The van der Waals surface area contributed by atoms with Gasteiger partial charge >= 0.3 is 12.0 Å². The second kappa shape index (κ2) is 11.8. The summed E-state index contributed by atoms with van der Waals surface area (Å²) in [4.78, 5) is 54.9. The molecule has 4 N–H and O–H groups in total. The lowest BCUT2D eigenvalue weighted by molar-refractivity contribution is -0.138. The van der Waals surface area contributed by atoms with Gasteiger partial charge in [0.25, 0.3) is 0 Å². The number of carboxylic acid groups (broad SMARTS) is 1. The van der Waals surface area contributed by atoms with E-state index < -0.39 is 23.8 Å². The summed E-state index contributed by atoms with van der Waals surface area (Å²) in [6.45, 7) is 0.511. The van der Waals surface area contributed by atoms with Gasteiger partial charge in [-0.15, -0.1) is 0 Å². The van der Waals surface area contributed by atoms with Crippen LogP contribution in [0.1, 0.15) is 30.0 Å². The molecule has 1 saturated heterocycles. The van der Waals surface area contributed by atoms with Gasteiger partial charge in [0.1, 0.15) is 0 Å².